The molecule has 0 aliphatic heterocycles. The van der Waals surface area contributed by atoms with Crippen LogP contribution in [-0.2, 0) is 0 Å². The molecule has 0 amide bonds. The number of nitrogens with one attached hydrogen (secondary N) is 1. The Morgan fingerprint density at radius 2 is 2.00 bits per heavy atom. The lowest BCUT2D eigenvalue weighted by Gasteiger charge is -2.42. The van der Waals surface area contributed by atoms with Crippen LogP contribution in [0.5, 0.6) is 0 Å². The average molecular weight is 179 g/mol. The van der Waals surface area contributed by atoms with E-state index in [1.54, 1.807) is 0 Å². The fraction of sp³-hybridized carbons (Fsp3) is 0.833. The van der Waals surface area contributed by atoms with E-state index in [-0.39, 0.29) is 0 Å². The number of hydrogen-bond donors (Lipinski definition) is 1. The first-order valence-electron chi connectivity index (χ1n) is 5.63. The molecule has 13 heavy (non-hydrogen) atoms. The molecule has 0 aromatic rings. The highest BCUT2D eigenvalue weighted by molar-refractivity contribution is 4.96. The molecule has 0 spiro atoms. The molecule has 3 aliphatic rings. The zero-order valence-corrected chi connectivity index (χ0v) is 8.68. The molecule has 0 radical (unpaired) electrons. The van der Waals surface area contributed by atoms with Crippen LogP contribution in [-0.4, -0.2) is 12.6 Å². The van der Waals surface area contributed by atoms with Crippen molar-refractivity contribution in [2.45, 2.75) is 45.1 Å². The van der Waals surface area contributed by atoms with Crippen LogP contribution in [0.4, 0.5) is 0 Å². The van der Waals surface area contributed by atoms with E-state index in [4.69, 9.17) is 0 Å². The van der Waals surface area contributed by atoms with E-state index in [9.17, 15) is 0 Å². The van der Waals surface area contributed by atoms with Gasteiger partial charge in [-0.05, 0) is 38.0 Å². The van der Waals surface area contributed by atoms with Gasteiger partial charge in [0.1, 0.15) is 0 Å². The summed E-state index contributed by atoms with van der Waals surface area (Å²) in [7, 11) is 0. The van der Waals surface area contributed by atoms with Crippen molar-refractivity contribution in [3.63, 3.8) is 0 Å². The molecule has 3 aliphatic carbocycles. The van der Waals surface area contributed by atoms with Crippen molar-refractivity contribution < 1.29 is 0 Å². The van der Waals surface area contributed by atoms with Crippen LogP contribution >= 0.6 is 0 Å². The van der Waals surface area contributed by atoms with Gasteiger partial charge in [-0.2, -0.15) is 0 Å². The van der Waals surface area contributed by atoms with Gasteiger partial charge in [-0.3, -0.25) is 0 Å². The molecule has 1 nitrogen and oxygen atoms in total. The van der Waals surface area contributed by atoms with E-state index in [1.807, 2.05) is 0 Å². The van der Waals surface area contributed by atoms with Crippen molar-refractivity contribution in [1.82, 2.24) is 5.32 Å². The monoisotopic (exact) mass is 179 g/mol. The van der Waals surface area contributed by atoms with Crippen LogP contribution in [0, 0.1) is 11.8 Å². The Kier molecular flexibility index (Phi) is 2.73. The van der Waals surface area contributed by atoms with Gasteiger partial charge in [0.15, 0.2) is 0 Å². The van der Waals surface area contributed by atoms with Crippen molar-refractivity contribution in [2.75, 3.05) is 6.54 Å². The molecular formula is C12H21N. The molecule has 0 aromatic heterocycles. The van der Waals surface area contributed by atoms with Gasteiger partial charge in [0, 0.05) is 12.6 Å². The van der Waals surface area contributed by atoms with Crippen molar-refractivity contribution in [3.8, 4) is 0 Å². The molecule has 3 rings (SSSR count). The lowest BCUT2D eigenvalue weighted by Crippen LogP contribution is -2.45. The minimum absolute atomic E-state index is 0.809. The minimum atomic E-state index is 0.809. The SMILES string of the molecule is C=C(C)CNC1CC2CCC1CC2. The van der Waals surface area contributed by atoms with Gasteiger partial charge in [0.2, 0.25) is 0 Å². The van der Waals surface area contributed by atoms with Crippen LogP contribution < -0.4 is 5.32 Å². The average Bonchev–Trinajstić information content (AvgIpc) is 2.17. The predicted octanol–water partition coefficient (Wildman–Crippen LogP) is 2.73. The molecule has 2 bridgehead atoms. The van der Waals surface area contributed by atoms with Gasteiger partial charge < -0.3 is 5.32 Å². The van der Waals surface area contributed by atoms with Crippen molar-refractivity contribution in [2.24, 2.45) is 11.8 Å². The fourth-order valence-corrected chi connectivity index (χ4v) is 2.93. The smallest absolute Gasteiger partial charge is 0.0161 e. The third-order valence-electron chi connectivity index (χ3n) is 3.71. The fourth-order valence-electron chi connectivity index (χ4n) is 2.93. The Bertz CT molecular complexity index is 189. The molecule has 1 N–H and O–H groups in total. The van der Waals surface area contributed by atoms with Crippen molar-refractivity contribution in [3.05, 3.63) is 12.2 Å². The largest absolute Gasteiger partial charge is 0.310 e. The standard InChI is InChI=1S/C12H21N/c1-9(2)8-13-12-7-10-3-5-11(12)6-4-10/h10-13H,1,3-8H2,2H3. The van der Waals surface area contributed by atoms with E-state index in [1.165, 1.54) is 37.7 Å². The minimum Gasteiger partial charge on any atom is -0.310 e. The summed E-state index contributed by atoms with van der Waals surface area (Å²) in [5.74, 6) is 2.01. The Morgan fingerprint density at radius 1 is 1.31 bits per heavy atom. The van der Waals surface area contributed by atoms with Gasteiger partial charge >= 0.3 is 0 Å². The zero-order valence-electron chi connectivity index (χ0n) is 8.68. The summed E-state index contributed by atoms with van der Waals surface area (Å²) in [5, 5.41) is 3.65. The number of rotatable bonds is 3. The first-order chi connectivity index (χ1) is 6.25. The maximum Gasteiger partial charge on any atom is 0.0161 e. The summed E-state index contributed by atoms with van der Waals surface area (Å²) >= 11 is 0. The molecule has 1 heteroatoms. The van der Waals surface area contributed by atoms with Crippen LogP contribution in [0.1, 0.15) is 39.0 Å². The van der Waals surface area contributed by atoms with Gasteiger partial charge in [0.25, 0.3) is 0 Å². The highest BCUT2D eigenvalue weighted by Crippen LogP contribution is 2.41. The molecule has 1 unspecified atom stereocenters. The van der Waals surface area contributed by atoms with E-state index >= 15 is 0 Å². The van der Waals surface area contributed by atoms with Gasteiger partial charge in [-0.15, -0.1) is 0 Å². The molecule has 3 saturated carbocycles. The third kappa shape index (κ3) is 2.14. The Hall–Kier alpha value is -0.300. The highest BCUT2D eigenvalue weighted by atomic mass is 14.9. The number of fused-ring (bicyclic) bond motifs is 3. The van der Waals surface area contributed by atoms with Crippen LogP contribution in [0.25, 0.3) is 0 Å². The molecule has 1 atom stereocenters. The topological polar surface area (TPSA) is 12.0 Å². The first kappa shape index (κ1) is 9.26. The van der Waals surface area contributed by atoms with Crippen molar-refractivity contribution in [1.29, 1.82) is 0 Å². The van der Waals surface area contributed by atoms with Crippen LogP contribution in [0.2, 0.25) is 0 Å². The Labute approximate surface area is 81.6 Å². The molecule has 74 valence electrons. The van der Waals surface area contributed by atoms with E-state index in [2.05, 4.69) is 18.8 Å². The van der Waals surface area contributed by atoms with Crippen LogP contribution in [0.3, 0.4) is 0 Å². The second kappa shape index (κ2) is 3.83. The number of hydrogen-bond acceptors (Lipinski definition) is 1. The maximum atomic E-state index is 3.94. The second-order valence-electron chi connectivity index (χ2n) is 4.96. The molecule has 3 fully saturated rings. The molecule has 0 saturated heterocycles. The Morgan fingerprint density at radius 3 is 2.46 bits per heavy atom. The summed E-state index contributed by atoms with van der Waals surface area (Å²) in [4.78, 5) is 0. The van der Waals surface area contributed by atoms with E-state index in [0.29, 0.717) is 0 Å². The summed E-state index contributed by atoms with van der Waals surface area (Å²) in [5.41, 5.74) is 1.27. The summed E-state index contributed by atoms with van der Waals surface area (Å²) in [6, 6.07) is 0.809. The summed E-state index contributed by atoms with van der Waals surface area (Å²) < 4.78 is 0. The molecular weight excluding hydrogens is 158 g/mol. The van der Waals surface area contributed by atoms with E-state index < -0.39 is 0 Å². The normalized spacial score (nSPS) is 37.8. The van der Waals surface area contributed by atoms with E-state index in [0.717, 1.165) is 24.4 Å². The van der Waals surface area contributed by atoms with Crippen LogP contribution in [0.15, 0.2) is 12.2 Å². The Balaban J connectivity index is 1.83. The predicted molar refractivity (Wildman–Crippen MR) is 56.7 cm³/mol. The second-order valence-corrected chi connectivity index (χ2v) is 4.96. The third-order valence-corrected chi connectivity index (χ3v) is 3.71. The van der Waals surface area contributed by atoms with Crippen molar-refractivity contribution >= 4 is 0 Å². The summed E-state index contributed by atoms with van der Waals surface area (Å²) in [6.45, 7) is 7.07. The van der Waals surface area contributed by atoms with Gasteiger partial charge in [-0.1, -0.05) is 25.0 Å². The maximum absolute atomic E-state index is 3.94. The lowest BCUT2D eigenvalue weighted by molar-refractivity contribution is 0.126. The first-order valence-corrected chi connectivity index (χ1v) is 5.63. The highest BCUT2D eigenvalue weighted by Gasteiger charge is 2.34. The lowest BCUT2D eigenvalue weighted by atomic mass is 9.68. The van der Waals surface area contributed by atoms with Gasteiger partial charge in [0.05, 0.1) is 0 Å². The zero-order chi connectivity index (χ0) is 9.26. The molecule has 0 aromatic carbocycles. The van der Waals surface area contributed by atoms with Gasteiger partial charge in [-0.25, -0.2) is 0 Å². The summed E-state index contributed by atoms with van der Waals surface area (Å²) in [6.07, 6.45) is 7.36. The molecule has 0 heterocycles. The quantitative estimate of drug-likeness (QED) is 0.657.